The Hall–Kier alpha value is -6.62. The van der Waals surface area contributed by atoms with Gasteiger partial charge in [-0.05, 0) is 76.9 Å². The molecule has 2 aromatic heterocycles. The SMILES string of the molecule is COc1ccc(CN(Cc2ccc(OC)cc2)S(=O)(=O)c2c(S(=O)(=O)N[C@@H]3CCN(C(=O)O)C3)ccc(N3CCn4ncnc4C3)c2-c2nnn(Cc3ccc(OC)cc3)n2)cc1. The number of sulfonamides is 2. The molecule has 4 heterocycles. The second kappa shape index (κ2) is 18.0. The van der Waals surface area contributed by atoms with Crippen molar-refractivity contribution >= 4 is 31.8 Å². The first-order valence-electron chi connectivity index (χ1n) is 19.8. The lowest BCUT2D eigenvalue weighted by Gasteiger charge is -2.32. The minimum absolute atomic E-state index is 0.0934. The molecule has 2 N–H and O–H groups in total. The number of hydrogen-bond donors (Lipinski definition) is 2. The number of rotatable bonds is 16. The van der Waals surface area contributed by atoms with Gasteiger partial charge < -0.3 is 29.1 Å². The highest BCUT2D eigenvalue weighted by atomic mass is 32.2. The summed E-state index contributed by atoms with van der Waals surface area (Å²) >= 11 is 0. The van der Waals surface area contributed by atoms with Gasteiger partial charge in [-0.15, -0.1) is 10.2 Å². The van der Waals surface area contributed by atoms with Crippen LogP contribution in [-0.2, 0) is 52.8 Å². The van der Waals surface area contributed by atoms with Gasteiger partial charge in [0.05, 0.1) is 46.5 Å². The van der Waals surface area contributed by atoms with Crippen LogP contribution in [0.2, 0.25) is 0 Å². The van der Waals surface area contributed by atoms with Gasteiger partial charge in [0, 0.05) is 44.5 Å². The van der Waals surface area contributed by atoms with Crippen molar-refractivity contribution in [3.63, 3.8) is 0 Å². The molecule has 330 valence electrons. The highest BCUT2D eigenvalue weighted by Crippen LogP contribution is 2.42. The summed E-state index contributed by atoms with van der Waals surface area (Å²) in [6.45, 7) is 0.690. The minimum atomic E-state index is -4.89. The number of nitrogens with zero attached hydrogens (tertiary/aromatic N) is 10. The van der Waals surface area contributed by atoms with E-state index in [1.807, 2.05) is 17.0 Å². The van der Waals surface area contributed by atoms with Crippen molar-refractivity contribution in [1.29, 1.82) is 0 Å². The summed E-state index contributed by atoms with van der Waals surface area (Å²) in [5.41, 5.74) is 2.19. The lowest BCUT2D eigenvalue weighted by molar-refractivity contribution is 0.155. The average Bonchev–Trinajstić information content (AvgIpc) is 4.08. The van der Waals surface area contributed by atoms with Gasteiger partial charge in [-0.2, -0.15) is 14.2 Å². The molecule has 8 rings (SSSR count). The summed E-state index contributed by atoms with van der Waals surface area (Å²) in [6.07, 6.45) is 0.420. The third-order valence-corrected chi connectivity index (χ3v) is 14.5. The minimum Gasteiger partial charge on any atom is -0.497 e. The van der Waals surface area contributed by atoms with Crippen molar-refractivity contribution < 1.29 is 40.9 Å². The molecule has 0 radical (unpaired) electrons. The zero-order valence-corrected chi connectivity index (χ0v) is 36.2. The summed E-state index contributed by atoms with van der Waals surface area (Å²) in [4.78, 5) is 19.3. The molecule has 6 aromatic rings. The van der Waals surface area contributed by atoms with Crippen LogP contribution in [0.15, 0.2) is 101 Å². The molecule has 1 amide bonds. The van der Waals surface area contributed by atoms with Crippen molar-refractivity contribution in [1.82, 2.24) is 48.9 Å². The van der Waals surface area contributed by atoms with Crippen LogP contribution >= 0.6 is 0 Å². The molecule has 0 saturated carbocycles. The second-order valence-electron chi connectivity index (χ2n) is 14.9. The van der Waals surface area contributed by atoms with Gasteiger partial charge in [-0.3, -0.25) is 0 Å². The predicted molar refractivity (Wildman–Crippen MR) is 227 cm³/mol. The predicted octanol–water partition coefficient (Wildman–Crippen LogP) is 3.45. The molecule has 2 aliphatic rings. The van der Waals surface area contributed by atoms with Crippen molar-refractivity contribution in [2.24, 2.45) is 0 Å². The number of anilines is 1. The van der Waals surface area contributed by atoms with Gasteiger partial charge in [0.15, 0.2) is 0 Å². The Morgan fingerprint density at radius 3 is 1.98 bits per heavy atom. The number of aromatic nitrogens is 7. The summed E-state index contributed by atoms with van der Waals surface area (Å²) in [6, 6.07) is 23.0. The monoisotopic (exact) mass is 899 g/mol. The maximum atomic E-state index is 15.9. The number of tetrazole rings is 1. The summed E-state index contributed by atoms with van der Waals surface area (Å²) in [5.74, 6) is 2.24. The number of methoxy groups -OCH3 is 3. The average molecular weight is 900 g/mol. The number of carboxylic acid groups (broad SMARTS) is 1. The zero-order valence-electron chi connectivity index (χ0n) is 34.6. The van der Waals surface area contributed by atoms with Gasteiger partial charge in [0.2, 0.25) is 25.9 Å². The molecule has 63 heavy (non-hydrogen) atoms. The van der Waals surface area contributed by atoms with E-state index in [1.54, 1.807) is 72.5 Å². The van der Waals surface area contributed by atoms with Gasteiger partial charge in [0.25, 0.3) is 0 Å². The summed E-state index contributed by atoms with van der Waals surface area (Å²) in [5, 5.41) is 27.4. The van der Waals surface area contributed by atoms with Crippen LogP contribution in [0.5, 0.6) is 17.2 Å². The van der Waals surface area contributed by atoms with Crippen molar-refractivity contribution in [3.8, 4) is 28.6 Å². The van der Waals surface area contributed by atoms with E-state index in [0.717, 1.165) is 10.5 Å². The number of carbonyl (C=O) groups is 1. The number of nitrogens with one attached hydrogen (secondary N) is 1. The Bertz CT molecular complexity index is 2750. The van der Waals surface area contributed by atoms with E-state index >= 15 is 8.42 Å². The van der Waals surface area contributed by atoms with Crippen LogP contribution in [0, 0.1) is 0 Å². The molecule has 2 aliphatic heterocycles. The van der Waals surface area contributed by atoms with E-state index in [0.29, 0.717) is 53.0 Å². The lowest BCUT2D eigenvalue weighted by atomic mass is 10.1. The van der Waals surface area contributed by atoms with Crippen LogP contribution in [0.25, 0.3) is 11.4 Å². The van der Waals surface area contributed by atoms with Crippen LogP contribution in [0.1, 0.15) is 28.9 Å². The van der Waals surface area contributed by atoms with Crippen molar-refractivity contribution in [2.45, 2.75) is 55.0 Å². The topological polar surface area (TPSA) is 229 Å². The summed E-state index contributed by atoms with van der Waals surface area (Å²) in [7, 11) is -4.99. The standard InChI is InChI=1S/C41H45N11O9S2/c1-59-32-10-4-28(5-11-32)22-50(23-29-6-12-33(60-2)13-7-29)63(57,58)39-36(62(55,56)46-31-18-19-49(25-31)41(53)54)17-16-35(48-20-21-51-37(26-48)42-27-43-51)38(39)40-44-47-52(45-40)24-30-8-14-34(61-3)15-9-30/h4-17,27,31,46H,18-26H2,1-3H3,(H,53,54)/t31-/m1/s1. The third kappa shape index (κ3) is 9.28. The maximum Gasteiger partial charge on any atom is 0.407 e. The Balaban J connectivity index is 1.33. The molecule has 1 saturated heterocycles. The number of ether oxygens (including phenoxy) is 3. The van der Waals surface area contributed by atoms with Gasteiger partial charge in [0.1, 0.15) is 39.2 Å². The molecule has 0 unspecified atom stereocenters. The van der Waals surface area contributed by atoms with E-state index in [4.69, 9.17) is 19.3 Å². The fourth-order valence-corrected chi connectivity index (χ4v) is 11.3. The number of amides is 1. The number of hydrogen-bond acceptors (Lipinski definition) is 14. The highest BCUT2D eigenvalue weighted by molar-refractivity contribution is 7.92. The fraction of sp³-hybridized carbons (Fsp3) is 0.317. The number of benzene rings is 4. The van der Waals surface area contributed by atoms with E-state index < -0.39 is 42.0 Å². The van der Waals surface area contributed by atoms with E-state index in [1.165, 1.54) is 41.8 Å². The first kappa shape index (κ1) is 43.0. The number of likely N-dealkylation sites (tertiary alicyclic amines) is 1. The van der Waals surface area contributed by atoms with Crippen molar-refractivity contribution in [3.05, 3.63) is 114 Å². The van der Waals surface area contributed by atoms with Crippen molar-refractivity contribution in [2.75, 3.05) is 45.9 Å². The Labute approximate surface area is 363 Å². The highest BCUT2D eigenvalue weighted by Gasteiger charge is 2.40. The zero-order chi connectivity index (χ0) is 44.3. The third-order valence-electron chi connectivity index (χ3n) is 10.9. The quantitative estimate of drug-likeness (QED) is 0.142. The molecule has 0 spiro atoms. The Kier molecular flexibility index (Phi) is 12.3. The largest absolute Gasteiger partial charge is 0.497 e. The van der Waals surface area contributed by atoms with E-state index in [2.05, 4.69) is 25.1 Å². The molecule has 0 bridgehead atoms. The first-order valence-corrected chi connectivity index (χ1v) is 22.7. The Morgan fingerprint density at radius 2 is 1.41 bits per heavy atom. The van der Waals surface area contributed by atoms with Gasteiger partial charge in [-0.1, -0.05) is 36.4 Å². The summed E-state index contributed by atoms with van der Waals surface area (Å²) < 4.78 is 83.1. The molecular formula is C41H45N11O9S2. The molecular weight excluding hydrogens is 855 g/mol. The molecule has 0 aliphatic carbocycles. The molecule has 1 atom stereocenters. The maximum absolute atomic E-state index is 15.9. The van der Waals surface area contributed by atoms with Crippen LogP contribution in [0.3, 0.4) is 0 Å². The molecule has 22 heteroatoms. The van der Waals surface area contributed by atoms with Gasteiger partial charge >= 0.3 is 6.09 Å². The lowest BCUT2D eigenvalue weighted by Crippen LogP contribution is -2.40. The fourth-order valence-electron chi connectivity index (χ4n) is 7.61. The van der Waals surface area contributed by atoms with Crippen LogP contribution < -0.4 is 23.8 Å². The second-order valence-corrected chi connectivity index (χ2v) is 18.5. The van der Waals surface area contributed by atoms with E-state index in [-0.39, 0.29) is 57.1 Å². The normalized spacial score (nSPS) is 15.4. The first-order chi connectivity index (χ1) is 30.3. The van der Waals surface area contributed by atoms with Gasteiger partial charge in [-0.25, -0.2) is 36.0 Å². The number of fused-ring (bicyclic) bond motifs is 1. The smallest absolute Gasteiger partial charge is 0.407 e. The Morgan fingerprint density at radius 1 is 0.810 bits per heavy atom. The molecule has 1 fully saturated rings. The van der Waals surface area contributed by atoms with Crippen LogP contribution in [-0.4, -0.2) is 119 Å². The molecule has 20 nitrogen and oxygen atoms in total. The van der Waals surface area contributed by atoms with Crippen LogP contribution in [0.4, 0.5) is 10.5 Å². The molecule has 4 aromatic carbocycles. The van der Waals surface area contributed by atoms with E-state index in [9.17, 15) is 18.3 Å².